The normalized spacial score (nSPS) is 10.6. The molecule has 0 radical (unpaired) electrons. The van der Waals surface area contributed by atoms with E-state index in [0.717, 1.165) is 21.0 Å². The molecule has 4 heteroatoms. The fourth-order valence-electron chi connectivity index (χ4n) is 1.79. The van der Waals surface area contributed by atoms with E-state index in [1.807, 2.05) is 50.2 Å². The number of rotatable bonds is 4. The molecule has 20 heavy (non-hydrogen) atoms. The quantitative estimate of drug-likeness (QED) is 0.920. The van der Waals surface area contributed by atoms with E-state index >= 15 is 0 Å². The van der Waals surface area contributed by atoms with Gasteiger partial charge in [0.15, 0.2) is 0 Å². The third kappa shape index (κ3) is 3.17. The Morgan fingerprint density at radius 2 is 1.80 bits per heavy atom. The van der Waals surface area contributed by atoms with Crippen LogP contribution in [0.25, 0.3) is 0 Å². The molecule has 0 aliphatic rings. The number of nitrogens with one attached hydrogen (secondary N) is 1. The number of hydrogen-bond donors (Lipinski definition) is 1. The van der Waals surface area contributed by atoms with E-state index in [1.165, 1.54) is 11.3 Å². The first-order valence-corrected chi connectivity index (χ1v) is 7.11. The van der Waals surface area contributed by atoms with Gasteiger partial charge in [0.25, 0.3) is 0 Å². The van der Waals surface area contributed by atoms with Gasteiger partial charge >= 0.3 is 0 Å². The van der Waals surface area contributed by atoms with Crippen molar-refractivity contribution in [2.45, 2.75) is 25.8 Å². The zero-order chi connectivity index (χ0) is 14.6. The van der Waals surface area contributed by atoms with Crippen LogP contribution in [0.3, 0.4) is 0 Å². The van der Waals surface area contributed by atoms with Crippen LogP contribution >= 0.6 is 11.3 Å². The molecule has 0 aliphatic carbocycles. The first-order chi connectivity index (χ1) is 9.55. The third-order valence-electron chi connectivity index (χ3n) is 3.12. The van der Waals surface area contributed by atoms with Crippen LogP contribution in [0.2, 0.25) is 0 Å². The summed E-state index contributed by atoms with van der Waals surface area (Å²) in [7, 11) is 0. The molecule has 3 nitrogen and oxygen atoms in total. The molecule has 2 aromatic rings. The van der Waals surface area contributed by atoms with Crippen molar-refractivity contribution in [3.63, 3.8) is 0 Å². The van der Waals surface area contributed by atoms with E-state index in [1.54, 1.807) is 0 Å². The van der Waals surface area contributed by atoms with Gasteiger partial charge in [-0.1, -0.05) is 12.1 Å². The average molecular weight is 281 g/mol. The van der Waals surface area contributed by atoms with Crippen LogP contribution in [0.5, 0.6) is 0 Å². The second kappa shape index (κ2) is 5.77. The molecule has 0 unspecified atom stereocenters. The molecule has 0 atom stereocenters. The van der Waals surface area contributed by atoms with Crippen molar-refractivity contribution in [2.75, 3.05) is 5.32 Å². The molecule has 0 aliphatic heterocycles. The maximum Gasteiger partial charge on any atom is 0.110 e. The maximum absolute atomic E-state index is 9.10. The zero-order valence-electron chi connectivity index (χ0n) is 11.5. The molecule has 1 aromatic carbocycles. The van der Waals surface area contributed by atoms with Gasteiger partial charge in [-0.25, -0.2) is 0 Å². The summed E-state index contributed by atoms with van der Waals surface area (Å²) in [6, 6.07) is 16.1. The molecule has 0 amide bonds. The SMILES string of the molecule is CC(C)(C#N)c1ccc(NCc2ccc(C#N)s2)cc1. The summed E-state index contributed by atoms with van der Waals surface area (Å²) in [5.74, 6) is 0. The van der Waals surface area contributed by atoms with E-state index in [2.05, 4.69) is 17.5 Å². The van der Waals surface area contributed by atoms with Crippen molar-refractivity contribution in [1.82, 2.24) is 0 Å². The first-order valence-electron chi connectivity index (χ1n) is 6.29. The molecular weight excluding hydrogens is 266 g/mol. The molecule has 0 saturated carbocycles. The van der Waals surface area contributed by atoms with Gasteiger partial charge in [0.2, 0.25) is 0 Å². The summed E-state index contributed by atoms with van der Waals surface area (Å²) in [5, 5.41) is 21.2. The molecule has 0 saturated heterocycles. The molecule has 100 valence electrons. The predicted molar refractivity (Wildman–Crippen MR) is 81.4 cm³/mol. The molecule has 1 aromatic heterocycles. The van der Waals surface area contributed by atoms with Crippen LogP contribution in [0.1, 0.15) is 29.2 Å². The Kier molecular flexibility index (Phi) is 4.08. The Morgan fingerprint density at radius 3 is 2.35 bits per heavy atom. The minimum absolute atomic E-state index is 0.464. The van der Waals surface area contributed by atoms with Gasteiger partial charge in [-0.2, -0.15) is 10.5 Å². The number of anilines is 1. The minimum atomic E-state index is -0.464. The largest absolute Gasteiger partial charge is 0.380 e. The van der Waals surface area contributed by atoms with Crippen molar-refractivity contribution in [3.05, 3.63) is 51.7 Å². The smallest absolute Gasteiger partial charge is 0.110 e. The lowest BCUT2D eigenvalue weighted by Gasteiger charge is -2.16. The topological polar surface area (TPSA) is 59.6 Å². The molecule has 2 rings (SSSR count). The van der Waals surface area contributed by atoms with Gasteiger partial charge in [0.05, 0.1) is 11.5 Å². The molecule has 0 spiro atoms. The van der Waals surface area contributed by atoms with Gasteiger partial charge in [-0.15, -0.1) is 11.3 Å². The van der Waals surface area contributed by atoms with Crippen LogP contribution in [0.15, 0.2) is 36.4 Å². The molecular formula is C16H15N3S. The highest BCUT2D eigenvalue weighted by molar-refractivity contribution is 7.12. The van der Waals surface area contributed by atoms with Gasteiger partial charge in [0, 0.05) is 17.1 Å². The maximum atomic E-state index is 9.10. The summed E-state index contributed by atoms with van der Waals surface area (Å²) in [5.41, 5.74) is 1.55. The fourth-order valence-corrected chi connectivity index (χ4v) is 2.54. The van der Waals surface area contributed by atoms with Crippen molar-refractivity contribution in [2.24, 2.45) is 0 Å². The van der Waals surface area contributed by atoms with Crippen molar-refractivity contribution in [1.29, 1.82) is 10.5 Å². The van der Waals surface area contributed by atoms with Gasteiger partial charge in [-0.05, 0) is 43.7 Å². The van der Waals surface area contributed by atoms with E-state index in [0.29, 0.717) is 6.54 Å². The highest BCUT2D eigenvalue weighted by Gasteiger charge is 2.18. The van der Waals surface area contributed by atoms with E-state index < -0.39 is 5.41 Å². The lowest BCUT2D eigenvalue weighted by atomic mass is 9.86. The number of thiophene rings is 1. The molecule has 1 heterocycles. The highest BCUT2D eigenvalue weighted by Crippen LogP contribution is 2.24. The summed E-state index contributed by atoms with van der Waals surface area (Å²) >= 11 is 1.50. The average Bonchev–Trinajstić information content (AvgIpc) is 2.93. The van der Waals surface area contributed by atoms with Crippen LogP contribution in [-0.2, 0) is 12.0 Å². The van der Waals surface area contributed by atoms with Crippen molar-refractivity contribution >= 4 is 17.0 Å². The van der Waals surface area contributed by atoms with Gasteiger partial charge in [0.1, 0.15) is 10.9 Å². The van der Waals surface area contributed by atoms with E-state index in [-0.39, 0.29) is 0 Å². The number of hydrogen-bond acceptors (Lipinski definition) is 4. The second-order valence-corrected chi connectivity index (χ2v) is 6.21. The zero-order valence-corrected chi connectivity index (χ0v) is 12.3. The lowest BCUT2D eigenvalue weighted by molar-refractivity contribution is 0.687. The van der Waals surface area contributed by atoms with Crippen LogP contribution in [-0.4, -0.2) is 0 Å². The summed E-state index contributed by atoms with van der Waals surface area (Å²) in [6.07, 6.45) is 0. The van der Waals surface area contributed by atoms with Crippen LogP contribution in [0, 0.1) is 22.7 Å². The van der Waals surface area contributed by atoms with E-state index in [9.17, 15) is 0 Å². The number of benzene rings is 1. The van der Waals surface area contributed by atoms with Gasteiger partial charge in [-0.3, -0.25) is 0 Å². The monoisotopic (exact) mass is 281 g/mol. The Labute approximate surface area is 123 Å². The Morgan fingerprint density at radius 1 is 1.10 bits per heavy atom. The Bertz CT molecular complexity index is 669. The predicted octanol–water partition coefficient (Wildman–Crippen LogP) is 4.03. The Balaban J connectivity index is 2.01. The number of nitriles is 2. The molecule has 0 fully saturated rings. The lowest BCUT2D eigenvalue weighted by Crippen LogP contribution is -2.13. The third-order valence-corrected chi connectivity index (χ3v) is 4.11. The highest BCUT2D eigenvalue weighted by atomic mass is 32.1. The van der Waals surface area contributed by atoms with Crippen LogP contribution < -0.4 is 5.32 Å². The second-order valence-electron chi connectivity index (χ2n) is 5.05. The Hall–Kier alpha value is -2.30. The first kappa shape index (κ1) is 14.1. The van der Waals surface area contributed by atoms with Crippen molar-refractivity contribution < 1.29 is 0 Å². The molecule has 1 N–H and O–H groups in total. The molecule has 0 bridgehead atoms. The fraction of sp³-hybridized carbons (Fsp3) is 0.250. The summed E-state index contributed by atoms with van der Waals surface area (Å²) in [4.78, 5) is 1.86. The summed E-state index contributed by atoms with van der Waals surface area (Å²) in [6.45, 7) is 4.52. The standard InChI is InChI=1S/C16H15N3S/c1-16(2,11-18)12-3-5-13(6-4-12)19-10-15-8-7-14(9-17)20-15/h3-8,19H,10H2,1-2H3. The minimum Gasteiger partial charge on any atom is -0.380 e. The van der Waals surface area contributed by atoms with Crippen LogP contribution in [0.4, 0.5) is 5.69 Å². The summed E-state index contributed by atoms with van der Waals surface area (Å²) < 4.78 is 0. The van der Waals surface area contributed by atoms with Crippen molar-refractivity contribution in [3.8, 4) is 12.1 Å². The van der Waals surface area contributed by atoms with E-state index in [4.69, 9.17) is 10.5 Å². The van der Waals surface area contributed by atoms with Gasteiger partial charge < -0.3 is 5.32 Å². The number of nitrogens with zero attached hydrogens (tertiary/aromatic N) is 2.